The summed E-state index contributed by atoms with van der Waals surface area (Å²) in [6.07, 6.45) is 21.8. The molecule has 2 aromatic carbocycles. The summed E-state index contributed by atoms with van der Waals surface area (Å²) in [6, 6.07) is 10.2. The number of carbonyl (C=O) groups is 2. The van der Waals surface area contributed by atoms with Crippen molar-refractivity contribution in [1.29, 1.82) is 0 Å². The van der Waals surface area contributed by atoms with Crippen molar-refractivity contribution in [2.75, 3.05) is 35.0 Å². The average Bonchev–Trinajstić information content (AvgIpc) is 3.49. The lowest BCUT2D eigenvalue weighted by atomic mass is 9.95. The molecular weight excluding hydrogens is 604 g/mol. The Bertz CT molecular complexity index is 1190. The van der Waals surface area contributed by atoms with Crippen molar-refractivity contribution in [1.82, 2.24) is 10.2 Å². The van der Waals surface area contributed by atoms with Gasteiger partial charge in [-0.2, -0.15) is 0 Å². The number of hydrogen-bond acceptors (Lipinski definition) is 6. The Morgan fingerprint density at radius 3 is 1.67 bits per heavy atom. The lowest BCUT2D eigenvalue weighted by molar-refractivity contribution is -0.137. The first-order chi connectivity index (χ1) is 23.5. The second-order valence-corrected chi connectivity index (χ2v) is 13.1. The van der Waals surface area contributed by atoms with Crippen molar-refractivity contribution >= 4 is 11.8 Å². The monoisotopic (exact) mass is 666 g/mol. The quantitative estimate of drug-likeness (QED) is 0.106. The van der Waals surface area contributed by atoms with Crippen LogP contribution in [0.25, 0.3) is 0 Å². The van der Waals surface area contributed by atoms with Crippen molar-refractivity contribution in [3.8, 4) is 23.0 Å². The summed E-state index contributed by atoms with van der Waals surface area (Å²) in [6.45, 7) is 2.89. The van der Waals surface area contributed by atoms with Crippen LogP contribution in [0.15, 0.2) is 36.4 Å². The molecule has 0 radical (unpaired) electrons. The Morgan fingerprint density at radius 2 is 1.21 bits per heavy atom. The maximum Gasteiger partial charge on any atom is 0.242 e. The molecule has 8 nitrogen and oxygen atoms in total. The van der Waals surface area contributed by atoms with Gasteiger partial charge in [0.25, 0.3) is 0 Å². The molecule has 1 aliphatic heterocycles. The van der Waals surface area contributed by atoms with E-state index in [2.05, 4.69) is 12.2 Å². The van der Waals surface area contributed by atoms with Gasteiger partial charge in [-0.3, -0.25) is 9.59 Å². The minimum Gasteiger partial charge on any atom is -0.497 e. The van der Waals surface area contributed by atoms with Crippen molar-refractivity contribution < 1.29 is 28.5 Å². The van der Waals surface area contributed by atoms with Gasteiger partial charge in [0.2, 0.25) is 17.6 Å². The molecule has 1 aliphatic rings. The maximum atomic E-state index is 13.6. The first kappa shape index (κ1) is 39.0. The molecule has 0 spiro atoms. The van der Waals surface area contributed by atoms with Crippen LogP contribution in [0.2, 0.25) is 0 Å². The molecule has 1 saturated heterocycles. The number of unbranched alkanes of at least 4 members (excludes halogenated alkanes) is 15. The van der Waals surface area contributed by atoms with E-state index in [1.165, 1.54) is 89.9 Å². The first-order valence-electron chi connectivity index (χ1n) is 18.5. The molecule has 0 bridgehead atoms. The molecule has 1 fully saturated rings. The summed E-state index contributed by atoms with van der Waals surface area (Å²) in [7, 11) is 6.32. The fourth-order valence-corrected chi connectivity index (χ4v) is 6.85. The van der Waals surface area contributed by atoms with Crippen LogP contribution in [-0.4, -0.2) is 57.7 Å². The van der Waals surface area contributed by atoms with E-state index in [1.54, 1.807) is 33.3 Å². The number of benzene rings is 2. The molecule has 1 heterocycles. The number of rotatable bonds is 25. The molecule has 48 heavy (non-hydrogen) atoms. The molecule has 0 saturated carbocycles. The Balaban J connectivity index is 1.50. The molecule has 3 rings (SSSR count). The summed E-state index contributed by atoms with van der Waals surface area (Å²) in [5.41, 5.74) is 1.62. The molecular formula is C40H62N2O6. The summed E-state index contributed by atoms with van der Waals surface area (Å²) in [5, 5.41) is 3.14. The van der Waals surface area contributed by atoms with Crippen LogP contribution < -0.4 is 24.3 Å². The molecule has 8 heteroatoms. The smallest absolute Gasteiger partial charge is 0.242 e. The highest BCUT2D eigenvalue weighted by molar-refractivity contribution is 5.91. The molecule has 0 aromatic heterocycles. The number of amides is 2. The van der Waals surface area contributed by atoms with Gasteiger partial charge in [0.15, 0.2) is 11.5 Å². The highest BCUT2D eigenvalue weighted by atomic mass is 16.5. The van der Waals surface area contributed by atoms with Crippen molar-refractivity contribution in [2.24, 2.45) is 0 Å². The topological polar surface area (TPSA) is 86.3 Å². The average molecular weight is 667 g/mol. The predicted octanol–water partition coefficient (Wildman–Crippen LogP) is 9.18. The SMILES string of the molecule is CCCCCCCCCCCCCCCCCCNC(=O)C1CCC(=O)N1C(c1ccc(OC)cc1)c1cc(OC)c(OC)c(OC)c1. The fourth-order valence-electron chi connectivity index (χ4n) is 6.85. The lowest BCUT2D eigenvalue weighted by Gasteiger charge is -2.34. The van der Waals surface area contributed by atoms with Crippen LogP contribution in [0.4, 0.5) is 0 Å². The minimum atomic E-state index is -0.579. The third-order valence-electron chi connectivity index (χ3n) is 9.60. The Morgan fingerprint density at radius 1 is 0.708 bits per heavy atom. The number of likely N-dealkylation sites (tertiary alicyclic amines) is 1. The van der Waals surface area contributed by atoms with Crippen molar-refractivity contribution in [2.45, 2.75) is 135 Å². The lowest BCUT2D eigenvalue weighted by Crippen LogP contribution is -2.46. The largest absolute Gasteiger partial charge is 0.497 e. The normalized spacial score (nSPS) is 15.0. The van der Waals surface area contributed by atoms with E-state index in [4.69, 9.17) is 18.9 Å². The van der Waals surface area contributed by atoms with E-state index < -0.39 is 12.1 Å². The highest BCUT2D eigenvalue weighted by Crippen LogP contribution is 2.44. The first-order valence-corrected chi connectivity index (χ1v) is 18.5. The number of nitrogens with one attached hydrogen (secondary N) is 1. The number of ether oxygens (including phenoxy) is 4. The molecule has 2 aromatic rings. The third kappa shape index (κ3) is 11.9. The zero-order chi connectivity index (χ0) is 34.6. The van der Waals surface area contributed by atoms with E-state index in [-0.39, 0.29) is 11.8 Å². The van der Waals surface area contributed by atoms with Gasteiger partial charge in [-0.1, -0.05) is 115 Å². The van der Waals surface area contributed by atoms with Crippen LogP contribution in [0.3, 0.4) is 0 Å². The van der Waals surface area contributed by atoms with Crippen LogP contribution in [0, 0.1) is 0 Å². The zero-order valence-electron chi connectivity index (χ0n) is 30.5. The maximum absolute atomic E-state index is 13.6. The number of methoxy groups -OCH3 is 4. The minimum absolute atomic E-state index is 0.0628. The van der Waals surface area contributed by atoms with Gasteiger partial charge in [0.05, 0.1) is 34.5 Å². The molecule has 2 amide bonds. The fraction of sp³-hybridized carbons (Fsp3) is 0.650. The van der Waals surface area contributed by atoms with E-state index >= 15 is 0 Å². The van der Waals surface area contributed by atoms with Crippen molar-refractivity contribution in [3.63, 3.8) is 0 Å². The molecule has 2 atom stereocenters. The standard InChI is InChI=1S/C40H62N2O6/c1-6-7-8-9-10-11-12-13-14-15-16-17-18-19-20-21-28-41-40(44)34-26-27-37(43)42(34)38(31-22-24-33(45-2)25-23-31)32-29-35(46-3)39(48-5)36(30-32)47-4/h22-25,29-30,34,38H,6-21,26-28H2,1-5H3,(H,41,44). The molecule has 0 aliphatic carbocycles. The summed E-state index contributed by atoms with van der Waals surface area (Å²) >= 11 is 0. The van der Waals surface area contributed by atoms with Gasteiger partial charge in [0, 0.05) is 13.0 Å². The van der Waals surface area contributed by atoms with E-state index in [0.29, 0.717) is 42.4 Å². The van der Waals surface area contributed by atoms with Crippen LogP contribution in [0.5, 0.6) is 23.0 Å². The van der Waals surface area contributed by atoms with Gasteiger partial charge >= 0.3 is 0 Å². The Labute approximate surface area is 290 Å². The van der Waals surface area contributed by atoms with Gasteiger partial charge in [-0.25, -0.2) is 0 Å². The van der Waals surface area contributed by atoms with Gasteiger partial charge in [-0.15, -0.1) is 0 Å². The van der Waals surface area contributed by atoms with E-state index in [1.807, 2.05) is 36.4 Å². The van der Waals surface area contributed by atoms with E-state index in [9.17, 15) is 9.59 Å². The second-order valence-electron chi connectivity index (χ2n) is 13.1. The van der Waals surface area contributed by atoms with Crippen LogP contribution >= 0.6 is 0 Å². The number of hydrogen-bond donors (Lipinski definition) is 1. The number of nitrogens with zero attached hydrogens (tertiary/aromatic N) is 1. The molecule has 2 unspecified atom stereocenters. The molecule has 1 N–H and O–H groups in total. The number of carbonyl (C=O) groups excluding carboxylic acids is 2. The molecule has 268 valence electrons. The van der Waals surface area contributed by atoms with Crippen molar-refractivity contribution in [3.05, 3.63) is 47.5 Å². The summed E-state index contributed by atoms with van der Waals surface area (Å²) in [4.78, 5) is 28.8. The summed E-state index contributed by atoms with van der Waals surface area (Å²) < 4.78 is 22.2. The van der Waals surface area contributed by atoms with Gasteiger partial charge in [-0.05, 0) is 48.2 Å². The summed E-state index contributed by atoms with van der Waals surface area (Å²) in [5.74, 6) is 1.99. The predicted molar refractivity (Wildman–Crippen MR) is 193 cm³/mol. The van der Waals surface area contributed by atoms with E-state index in [0.717, 1.165) is 24.0 Å². The Kier molecular flexibility index (Phi) is 18.1. The van der Waals surface area contributed by atoms with Gasteiger partial charge in [0.1, 0.15) is 11.8 Å². The van der Waals surface area contributed by atoms with Gasteiger partial charge < -0.3 is 29.2 Å². The van der Waals surface area contributed by atoms with Crippen LogP contribution in [-0.2, 0) is 9.59 Å². The van der Waals surface area contributed by atoms with Crippen LogP contribution in [0.1, 0.15) is 140 Å². The Hall–Kier alpha value is -3.42. The highest BCUT2D eigenvalue weighted by Gasteiger charge is 2.42. The third-order valence-corrected chi connectivity index (χ3v) is 9.60. The zero-order valence-corrected chi connectivity index (χ0v) is 30.5. The second kappa shape index (κ2) is 22.3.